The molecule has 0 bridgehead atoms. The molecule has 1 N–H and O–H groups in total. The Kier molecular flexibility index (Phi) is 1.24. The summed E-state index contributed by atoms with van der Waals surface area (Å²) in [6.45, 7) is 0. The van der Waals surface area contributed by atoms with E-state index in [4.69, 9.17) is 5.41 Å². The van der Waals surface area contributed by atoms with Crippen molar-refractivity contribution in [1.82, 2.24) is 0 Å². The number of hydrogen-bond acceptors (Lipinski definition) is 1. The molecule has 2 heteroatoms. The van der Waals surface area contributed by atoms with Gasteiger partial charge in [0.15, 0.2) is 6.17 Å². The number of alkyl halides is 1. The number of hydrogen-bond donors (Lipinski definition) is 1. The van der Waals surface area contributed by atoms with Crippen LogP contribution in [0.1, 0.15) is 0 Å². The molecule has 0 amide bonds. The second-order valence-corrected chi connectivity index (χ2v) is 1.60. The molecule has 1 aliphatic carbocycles. The van der Waals surface area contributed by atoms with Gasteiger partial charge in [0.2, 0.25) is 0 Å². The van der Waals surface area contributed by atoms with Crippen LogP contribution in [0.5, 0.6) is 0 Å². The van der Waals surface area contributed by atoms with Crippen molar-refractivity contribution in [1.29, 1.82) is 5.41 Å². The Hall–Kier alpha value is -0.920. The van der Waals surface area contributed by atoms with Gasteiger partial charge in [0, 0.05) is 0 Å². The summed E-state index contributed by atoms with van der Waals surface area (Å²) in [7, 11) is 0. The average molecular weight is 111 g/mol. The second kappa shape index (κ2) is 1.90. The topological polar surface area (TPSA) is 23.9 Å². The Morgan fingerprint density at radius 1 is 1.50 bits per heavy atom. The highest BCUT2D eigenvalue weighted by molar-refractivity contribution is 5.98. The quantitative estimate of drug-likeness (QED) is 0.489. The molecule has 1 unspecified atom stereocenters. The standard InChI is InChI=1S/C6H6FN/c7-5-3-1-2-4-6(5)8/h1-5,8H. The maximum absolute atomic E-state index is 12.2. The van der Waals surface area contributed by atoms with E-state index in [1.165, 1.54) is 12.2 Å². The van der Waals surface area contributed by atoms with Crippen LogP contribution in [-0.4, -0.2) is 11.9 Å². The molecule has 0 aromatic rings. The largest absolute Gasteiger partial charge is 0.302 e. The molecule has 0 saturated heterocycles. The fraction of sp³-hybridized carbons (Fsp3) is 0.167. The molecule has 1 nitrogen and oxygen atoms in total. The molecular formula is C6H6FN. The molecule has 0 aliphatic heterocycles. The van der Waals surface area contributed by atoms with Gasteiger partial charge >= 0.3 is 0 Å². The first kappa shape index (κ1) is 5.22. The molecule has 0 aromatic carbocycles. The number of nitrogens with one attached hydrogen (secondary N) is 1. The van der Waals surface area contributed by atoms with E-state index in [2.05, 4.69) is 0 Å². The molecule has 1 aliphatic rings. The normalized spacial score (nSPS) is 26.6. The number of allylic oxidation sites excluding steroid dienone is 4. The third-order valence-electron chi connectivity index (χ3n) is 0.964. The minimum absolute atomic E-state index is 0.0347. The minimum Gasteiger partial charge on any atom is -0.302 e. The lowest BCUT2D eigenvalue weighted by atomic mass is 10.1. The monoisotopic (exact) mass is 111 g/mol. The average Bonchev–Trinajstić information content (AvgIpc) is 1.77. The van der Waals surface area contributed by atoms with Gasteiger partial charge in [0.25, 0.3) is 0 Å². The van der Waals surface area contributed by atoms with Crippen LogP contribution in [0, 0.1) is 5.41 Å². The van der Waals surface area contributed by atoms with Gasteiger partial charge in [-0.3, -0.25) is 0 Å². The summed E-state index contributed by atoms with van der Waals surface area (Å²) in [5, 5.41) is 6.88. The van der Waals surface area contributed by atoms with Gasteiger partial charge in [-0.1, -0.05) is 12.2 Å². The van der Waals surface area contributed by atoms with Gasteiger partial charge in [-0.2, -0.15) is 0 Å². The Balaban J connectivity index is 2.74. The van der Waals surface area contributed by atoms with Crippen molar-refractivity contribution in [2.75, 3.05) is 0 Å². The zero-order chi connectivity index (χ0) is 5.98. The van der Waals surface area contributed by atoms with Crippen LogP contribution in [0.15, 0.2) is 24.3 Å². The van der Waals surface area contributed by atoms with Crippen molar-refractivity contribution in [2.45, 2.75) is 6.17 Å². The minimum atomic E-state index is -1.18. The fourth-order valence-corrected chi connectivity index (χ4v) is 0.517. The smallest absolute Gasteiger partial charge is 0.160 e. The van der Waals surface area contributed by atoms with Gasteiger partial charge in [0.05, 0.1) is 5.71 Å². The maximum atomic E-state index is 12.2. The molecule has 0 radical (unpaired) electrons. The molecule has 1 rings (SSSR count). The lowest BCUT2D eigenvalue weighted by Gasteiger charge is -2.01. The summed E-state index contributed by atoms with van der Waals surface area (Å²) in [4.78, 5) is 0. The third kappa shape index (κ3) is 0.832. The van der Waals surface area contributed by atoms with Gasteiger partial charge in [-0.05, 0) is 12.2 Å². The molecule has 0 saturated carbocycles. The van der Waals surface area contributed by atoms with Crippen molar-refractivity contribution in [2.24, 2.45) is 0 Å². The zero-order valence-corrected chi connectivity index (χ0v) is 4.26. The molecule has 0 spiro atoms. The zero-order valence-electron chi connectivity index (χ0n) is 4.26. The van der Waals surface area contributed by atoms with Gasteiger partial charge in [-0.15, -0.1) is 0 Å². The highest BCUT2D eigenvalue weighted by Crippen LogP contribution is 2.02. The second-order valence-electron chi connectivity index (χ2n) is 1.60. The van der Waals surface area contributed by atoms with Crippen LogP contribution >= 0.6 is 0 Å². The first-order chi connectivity index (χ1) is 3.80. The predicted octanol–water partition coefficient (Wildman–Crippen LogP) is 1.47. The van der Waals surface area contributed by atoms with Crippen molar-refractivity contribution in [3.63, 3.8) is 0 Å². The van der Waals surface area contributed by atoms with Crippen LogP contribution in [0.4, 0.5) is 4.39 Å². The van der Waals surface area contributed by atoms with E-state index in [0.29, 0.717) is 0 Å². The van der Waals surface area contributed by atoms with Crippen LogP contribution in [0.25, 0.3) is 0 Å². The summed E-state index contributed by atoms with van der Waals surface area (Å²) < 4.78 is 12.2. The molecule has 8 heavy (non-hydrogen) atoms. The summed E-state index contributed by atoms with van der Waals surface area (Å²) in [6, 6.07) is 0. The summed E-state index contributed by atoms with van der Waals surface area (Å²) in [6.07, 6.45) is 4.87. The van der Waals surface area contributed by atoms with E-state index in [1.807, 2.05) is 0 Å². The third-order valence-corrected chi connectivity index (χ3v) is 0.964. The van der Waals surface area contributed by atoms with Crippen LogP contribution in [0.2, 0.25) is 0 Å². The first-order valence-electron chi connectivity index (χ1n) is 2.38. The predicted molar refractivity (Wildman–Crippen MR) is 30.9 cm³/mol. The van der Waals surface area contributed by atoms with Crippen molar-refractivity contribution in [3.05, 3.63) is 24.3 Å². The number of rotatable bonds is 0. The summed E-state index contributed by atoms with van der Waals surface area (Å²) >= 11 is 0. The molecule has 0 fully saturated rings. The van der Waals surface area contributed by atoms with E-state index in [1.54, 1.807) is 12.2 Å². The highest BCUT2D eigenvalue weighted by atomic mass is 19.1. The van der Waals surface area contributed by atoms with E-state index in [9.17, 15) is 4.39 Å². The molecule has 1 atom stereocenters. The van der Waals surface area contributed by atoms with Gasteiger partial charge in [-0.25, -0.2) is 4.39 Å². The fourth-order valence-electron chi connectivity index (χ4n) is 0.517. The summed E-state index contributed by atoms with van der Waals surface area (Å²) in [5.41, 5.74) is 0.0347. The van der Waals surface area contributed by atoms with Crippen LogP contribution in [-0.2, 0) is 0 Å². The molecule has 0 heterocycles. The molecule has 42 valence electrons. The van der Waals surface area contributed by atoms with E-state index < -0.39 is 6.17 Å². The van der Waals surface area contributed by atoms with Crippen molar-refractivity contribution in [3.8, 4) is 0 Å². The van der Waals surface area contributed by atoms with Crippen LogP contribution in [0.3, 0.4) is 0 Å². The lowest BCUT2D eigenvalue weighted by Crippen LogP contribution is -2.10. The van der Waals surface area contributed by atoms with Crippen LogP contribution < -0.4 is 0 Å². The lowest BCUT2D eigenvalue weighted by molar-refractivity contribution is 0.491. The van der Waals surface area contributed by atoms with Crippen molar-refractivity contribution < 1.29 is 4.39 Å². The van der Waals surface area contributed by atoms with E-state index in [0.717, 1.165) is 0 Å². The highest BCUT2D eigenvalue weighted by Gasteiger charge is 2.06. The SMILES string of the molecule is N=C1C=CC=CC1F. The number of halogens is 1. The summed E-state index contributed by atoms with van der Waals surface area (Å²) in [5.74, 6) is 0. The maximum Gasteiger partial charge on any atom is 0.160 e. The van der Waals surface area contributed by atoms with Gasteiger partial charge < -0.3 is 5.41 Å². The Labute approximate surface area is 47.0 Å². The Bertz CT molecular complexity index is 158. The molecular weight excluding hydrogens is 105 g/mol. The Morgan fingerprint density at radius 3 is 2.62 bits per heavy atom. The van der Waals surface area contributed by atoms with E-state index in [-0.39, 0.29) is 5.71 Å². The van der Waals surface area contributed by atoms with Gasteiger partial charge in [0.1, 0.15) is 0 Å². The first-order valence-corrected chi connectivity index (χ1v) is 2.38. The Morgan fingerprint density at radius 2 is 2.25 bits per heavy atom. The molecule has 0 aromatic heterocycles. The van der Waals surface area contributed by atoms with Crippen molar-refractivity contribution >= 4 is 5.71 Å². The van der Waals surface area contributed by atoms with E-state index >= 15 is 0 Å².